The van der Waals surface area contributed by atoms with Gasteiger partial charge in [-0.1, -0.05) is 13.8 Å². The van der Waals surface area contributed by atoms with Gasteiger partial charge in [0, 0.05) is 12.2 Å². The standard InChI is InChI=1S/C13H21NO5S/c1-4-19-11(16)6-5-10(15)14-9(13(17)18)7-20-12(14)8(2)3/h8-9,12H,4-7H2,1-3H3,(H,17,18). The van der Waals surface area contributed by atoms with Crippen LogP contribution in [0, 0.1) is 5.92 Å². The van der Waals surface area contributed by atoms with Crippen LogP contribution in [0.25, 0.3) is 0 Å². The van der Waals surface area contributed by atoms with Crippen LogP contribution in [0.1, 0.15) is 33.6 Å². The normalized spacial score (nSPS) is 22.1. The number of hydrogen-bond donors (Lipinski definition) is 1. The lowest BCUT2D eigenvalue weighted by molar-refractivity contribution is -0.151. The zero-order valence-corrected chi connectivity index (χ0v) is 12.8. The molecule has 2 unspecified atom stereocenters. The molecule has 0 aromatic heterocycles. The zero-order valence-electron chi connectivity index (χ0n) is 12.0. The Morgan fingerprint density at radius 2 is 2.00 bits per heavy atom. The van der Waals surface area contributed by atoms with Crippen LogP contribution in [-0.2, 0) is 19.1 Å². The summed E-state index contributed by atoms with van der Waals surface area (Å²) >= 11 is 1.48. The molecule has 1 saturated heterocycles. The Hall–Kier alpha value is -1.24. The Labute approximate surface area is 122 Å². The van der Waals surface area contributed by atoms with Crippen LogP contribution in [-0.4, -0.2) is 51.6 Å². The van der Waals surface area contributed by atoms with E-state index >= 15 is 0 Å². The minimum absolute atomic E-state index is 0.00755. The van der Waals surface area contributed by atoms with Gasteiger partial charge in [0.1, 0.15) is 6.04 Å². The summed E-state index contributed by atoms with van der Waals surface area (Å²) in [5.74, 6) is -1.17. The van der Waals surface area contributed by atoms with Crippen LogP contribution in [0.5, 0.6) is 0 Å². The summed E-state index contributed by atoms with van der Waals surface area (Å²) in [5, 5.41) is 9.05. The Morgan fingerprint density at radius 3 is 2.50 bits per heavy atom. The summed E-state index contributed by atoms with van der Waals surface area (Å²) in [7, 11) is 0. The number of esters is 1. The van der Waals surface area contributed by atoms with Crippen molar-refractivity contribution in [2.24, 2.45) is 5.92 Å². The second-order valence-corrected chi connectivity index (χ2v) is 6.08. The maximum absolute atomic E-state index is 12.2. The number of hydrogen-bond acceptors (Lipinski definition) is 5. The number of ether oxygens (including phenoxy) is 1. The quantitative estimate of drug-likeness (QED) is 0.745. The number of carbonyl (C=O) groups is 3. The first-order chi connectivity index (χ1) is 9.38. The number of carboxylic acid groups (broad SMARTS) is 1. The van der Waals surface area contributed by atoms with E-state index in [1.165, 1.54) is 16.7 Å². The molecule has 0 aromatic rings. The SMILES string of the molecule is CCOC(=O)CCC(=O)N1C(C(=O)O)CSC1C(C)C. The van der Waals surface area contributed by atoms with Crippen LogP contribution in [0.4, 0.5) is 0 Å². The molecule has 6 nitrogen and oxygen atoms in total. The number of thioether (sulfide) groups is 1. The molecule has 0 spiro atoms. The molecule has 1 amide bonds. The molecule has 0 aliphatic carbocycles. The lowest BCUT2D eigenvalue weighted by Crippen LogP contribution is -2.47. The van der Waals surface area contributed by atoms with E-state index in [1.807, 2.05) is 13.8 Å². The van der Waals surface area contributed by atoms with E-state index in [-0.39, 0.29) is 36.6 Å². The van der Waals surface area contributed by atoms with E-state index < -0.39 is 18.0 Å². The predicted octanol–water partition coefficient (Wildman–Crippen LogP) is 1.34. The number of carboxylic acids is 1. The van der Waals surface area contributed by atoms with Crippen molar-refractivity contribution in [3.8, 4) is 0 Å². The highest BCUT2D eigenvalue weighted by molar-refractivity contribution is 8.00. The molecule has 0 radical (unpaired) electrons. The lowest BCUT2D eigenvalue weighted by atomic mass is 10.1. The molecule has 1 N–H and O–H groups in total. The molecule has 20 heavy (non-hydrogen) atoms. The van der Waals surface area contributed by atoms with Gasteiger partial charge in [0.25, 0.3) is 0 Å². The minimum atomic E-state index is -0.995. The van der Waals surface area contributed by atoms with E-state index in [1.54, 1.807) is 6.92 Å². The van der Waals surface area contributed by atoms with Gasteiger partial charge in [-0.3, -0.25) is 9.59 Å². The summed E-state index contributed by atoms with van der Waals surface area (Å²) in [6, 6.07) is -0.804. The number of carbonyl (C=O) groups excluding carboxylic acids is 2. The highest BCUT2D eigenvalue weighted by Crippen LogP contribution is 2.34. The van der Waals surface area contributed by atoms with Crippen molar-refractivity contribution >= 4 is 29.6 Å². The van der Waals surface area contributed by atoms with Gasteiger partial charge in [0.2, 0.25) is 5.91 Å². The molecule has 114 valence electrons. The van der Waals surface area contributed by atoms with E-state index in [2.05, 4.69) is 0 Å². The predicted molar refractivity (Wildman–Crippen MR) is 75.2 cm³/mol. The molecule has 1 rings (SSSR count). The fourth-order valence-corrected chi connectivity index (χ4v) is 3.61. The number of rotatable bonds is 6. The topological polar surface area (TPSA) is 83.9 Å². The van der Waals surface area contributed by atoms with E-state index in [4.69, 9.17) is 4.74 Å². The van der Waals surface area contributed by atoms with Crippen LogP contribution < -0.4 is 0 Å². The summed E-state index contributed by atoms with van der Waals surface area (Å²) in [6.07, 6.45) is -0.0165. The van der Waals surface area contributed by atoms with Crippen molar-refractivity contribution < 1.29 is 24.2 Å². The van der Waals surface area contributed by atoms with Crippen molar-refractivity contribution in [2.75, 3.05) is 12.4 Å². The fraction of sp³-hybridized carbons (Fsp3) is 0.769. The second kappa shape index (κ2) is 7.52. The maximum Gasteiger partial charge on any atom is 0.327 e. The van der Waals surface area contributed by atoms with Gasteiger partial charge >= 0.3 is 11.9 Å². The summed E-state index contributed by atoms with van der Waals surface area (Å²) in [4.78, 5) is 36.1. The van der Waals surface area contributed by atoms with Gasteiger partial charge in [0.05, 0.1) is 18.4 Å². The first-order valence-electron chi connectivity index (χ1n) is 6.69. The first-order valence-corrected chi connectivity index (χ1v) is 7.74. The summed E-state index contributed by atoms with van der Waals surface area (Å²) < 4.78 is 4.77. The molecular formula is C13H21NO5S. The molecule has 7 heteroatoms. The van der Waals surface area contributed by atoms with Crippen LogP contribution in [0.15, 0.2) is 0 Å². The van der Waals surface area contributed by atoms with Crippen molar-refractivity contribution in [1.82, 2.24) is 4.90 Å². The fourth-order valence-electron chi connectivity index (χ4n) is 2.12. The Balaban J connectivity index is 2.69. The highest BCUT2D eigenvalue weighted by atomic mass is 32.2. The van der Waals surface area contributed by atoms with Crippen molar-refractivity contribution in [3.05, 3.63) is 0 Å². The van der Waals surface area contributed by atoms with Gasteiger partial charge in [-0.2, -0.15) is 0 Å². The molecule has 1 aliphatic rings. The molecule has 1 heterocycles. The van der Waals surface area contributed by atoms with Crippen LogP contribution in [0.3, 0.4) is 0 Å². The van der Waals surface area contributed by atoms with Gasteiger partial charge in [-0.15, -0.1) is 11.8 Å². The Bertz CT molecular complexity index is 385. The van der Waals surface area contributed by atoms with E-state index in [0.717, 1.165) is 0 Å². The number of nitrogens with zero attached hydrogens (tertiary/aromatic N) is 1. The van der Waals surface area contributed by atoms with Crippen molar-refractivity contribution in [1.29, 1.82) is 0 Å². The van der Waals surface area contributed by atoms with Gasteiger partial charge in [-0.25, -0.2) is 4.79 Å². The van der Waals surface area contributed by atoms with Crippen molar-refractivity contribution in [3.63, 3.8) is 0 Å². The molecule has 0 aromatic carbocycles. The molecule has 0 bridgehead atoms. The highest BCUT2D eigenvalue weighted by Gasteiger charge is 2.42. The maximum atomic E-state index is 12.2. The van der Waals surface area contributed by atoms with Crippen molar-refractivity contribution in [2.45, 2.75) is 45.0 Å². The zero-order chi connectivity index (χ0) is 15.3. The third-order valence-electron chi connectivity index (χ3n) is 3.03. The average Bonchev–Trinajstić information content (AvgIpc) is 2.81. The Morgan fingerprint density at radius 1 is 1.35 bits per heavy atom. The lowest BCUT2D eigenvalue weighted by Gasteiger charge is -2.29. The molecule has 1 fully saturated rings. The molecular weight excluding hydrogens is 282 g/mol. The monoisotopic (exact) mass is 303 g/mol. The first kappa shape index (κ1) is 16.8. The van der Waals surface area contributed by atoms with E-state index in [0.29, 0.717) is 5.75 Å². The smallest absolute Gasteiger partial charge is 0.327 e. The van der Waals surface area contributed by atoms with Gasteiger partial charge in [0.15, 0.2) is 0 Å². The van der Waals surface area contributed by atoms with Crippen LogP contribution >= 0.6 is 11.8 Å². The number of amides is 1. The summed E-state index contributed by atoms with van der Waals surface area (Å²) in [5.41, 5.74) is 0. The average molecular weight is 303 g/mol. The minimum Gasteiger partial charge on any atom is -0.480 e. The number of aliphatic carboxylic acids is 1. The molecule has 0 saturated carbocycles. The van der Waals surface area contributed by atoms with E-state index in [9.17, 15) is 19.5 Å². The molecule has 2 atom stereocenters. The third kappa shape index (κ3) is 4.13. The van der Waals surface area contributed by atoms with Gasteiger partial charge < -0.3 is 14.7 Å². The molecule has 1 aliphatic heterocycles. The van der Waals surface area contributed by atoms with Gasteiger partial charge in [-0.05, 0) is 12.8 Å². The van der Waals surface area contributed by atoms with Crippen LogP contribution in [0.2, 0.25) is 0 Å². The summed E-state index contributed by atoms with van der Waals surface area (Å²) in [6.45, 7) is 5.88. The largest absolute Gasteiger partial charge is 0.480 e. The second-order valence-electron chi connectivity index (χ2n) is 4.93. The third-order valence-corrected chi connectivity index (χ3v) is 4.65. The Kier molecular flexibility index (Phi) is 6.32.